The molecule has 1 unspecified atom stereocenters. The van der Waals surface area contributed by atoms with Gasteiger partial charge in [-0.05, 0) is 49.6 Å². The molecule has 0 radical (unpaired) electrons. The van der Waals surface area contributed by atoms with Crippen molar-refractivity contribution in [3.05, 3.63) is 71.9 Å². The molecule has 0 aliphatic carbocycles. The zero-order valence-corrected chi connectivity index (χ0v) is 19.4. The van der Waals surface area contributed by atoms with Gasteiger partial charge in [0.15, 0.2) is 16.8 Å². The van der Waals surface area contributed by atoms with E-state index in [0.717, 1.165) is 53.9 Å². The summed E-state index contributed by atoms with van der Waals surface area (Å²) in [5, 5.41) is 13.9. The molecule has 0 spiro atoms. The van der Waals surface area contributed by atoms with Crippen molar-refractivity contribution in [2.24, 2.45) is 0 Å². The number of hydrogen-bond acceptors (Lipinski definition) is 7. The molecule has 0 saturated carbocycles. The molecule has 4 aromatic rings. The van der Waals surface area contributed by atoms with Gasteiger partial charge in [-0.15, -0.1) is 10.2 Å². The van der Waals surface area contributed by atoms with Crippen LogP contribution in [0.3, 0.4) is 0 Å². The Hall–Kier alpha value is -3.13. The number of aromatic nitrogens is 5. The van der Waals surface area contributed by atoms with Gasteiger partial charge in [-0.3, -0.25) is 0 Å². The summed E-state index contributed by atoms with van der Waals surface area (Å²) in [5.41, 5.74) is 2.26. The molecule has 2 aromatic carbocycles. The van der Waals surface area contributed by atoms with Crippen LogP contribution in [0, 0.1) is 0 Å². The van der Waals surface area contributed by atoms with Gasteiger partial charge < -0.3 is 13.8 Å². The highest BCUT2D eigenvalue weighted by Gasteiger charge is 2.21. The van der Waals surface area contributed by atoms with Gasteiger partial charge >= 0.3 is 0 Å². The Morgan fingerprint density at radius 2 is 1.81 bits per heavy atom. The Labute approximate surface area is 192 Å². The summed E-state index contributed by atoms with van der Waals surface area (Å²) in [6.07, 6.45) is 2.68. The van der Waals surface area contributed by atoms with Crippen LogP contribution in [-0.4, -0.2) is 32.0 Å². The van der Waals surface area contributed by atoms with Gasteiger partial charge in [-0.25, -0.2) is 0 Å². The summed E-state index contributed by atoms with van der Waals surface area (Å²) >= 11 is 1.58. The second kappa shape index (κ2) is 10.5. The van der Waals surface area contributed by atoms with E-state index < -0.39 is 0 Å². The molecule has 32 heavy (non-hydrogen) atoms. The first kappa shape index (κ1) is 22.1. The van der Waals surface area contributed by atoms with Crippen LogP contribution in [-0.2, 0) is 19.4 Å². The summed E-state index contributed by atoms with van der Waals surface area (Å²) in [6.45, 7) is 4.92. The lowest BCUT2D eigenvalue weighted by molar-refractivity contribution is 0.374. The van der Waals surface area contributed by atoms with E-state index in [-0.39, 0.29) is 5.25 Å². The highest BCUT2D eigenvalue weighted by Crippen LogP contribution is 2.35. The zero-order chi connectivity index (χ0) is 22.3. The van der Waals surface area contributed by atoms with Crippen molar-refractivity contribution in [1.82, 2.24) is 24.9 Å². The Morgan fingerprint density at radius 1 is 1.03 bits per heavy atom. The van der Waals surface area contributed by atoms with Crippen molar-refractivity contribution in [3.63, 3.8) is 0 Å². The monoisotopic (exact) mass is 449 g/mol. The number of methoxy groups -OCH3 is 1. The number of thioether (sulfide) groups is 1. The predicted molar refractivity (Wildman–Crippen MR) is 125 cm³/mol. The van der Waals surface area contributed by atoms with Gasteiger partial charge in [0.2, 0.25) is 5.89 Å². The fourth-order valence-electron chi connectivity index (χ4n) is 3.38. The lowest BCUT2D eigenvalue weighted by Crippen LogP contribution is -2.06. The average molecular weight is 450 g/mol. The lowest BCUT2D eigenvalue weighted by Gasteiger charge is -2.12. The van der Waals surface area contributed by atoms with Gasteiger partial charge in [0, 0.05) is 18.5 Å². The first-order chi connectivity index (χ1) is 15.7. The third-order valence-corrected chi connectivity index (χ3v) is 6.19. The maximum Gasteiger partial charge on any atom is 0.239 e. The largest absolute Gasteiger partial charge is 0.497 e. The number of ether oxygens (including phenoxy) is 1. The Bertz CT molecular complexity index is 1130. The Morgan fingerprint density at radius 3 is 2.53 bits per heavy atom. The molecule has 2 heterocycles. The molecule has 0 aliphatic heterocycles. The number of hydrogen-bond donors (Lipinski definition) is 0. The zero-order valence-electron chi connectivity index (χ0n) is 18.6. The minimum atomic E-state index is -0.0310. The number of rotatable bonds is 10. The van der Waals surface area contributed by atoms with Crippen LogP contribution in [0.2, 0.25) is 0 Å². The molecule has 166 valence electrons. The van der Waals surface area contributed by atoms with Crippen LogP contribution in [0.15, 0.2) is 64.3 Å². The quantitative estimate of drug-likeness (QED) is 0.301. The highest BCUT2D eigenvalue weighted by atomic mass is 32.2. The van der Waals surface area contributed by atoms with Gasteiger partial charge in [-0.1, -0.05) is 54.2 Å². The normalized spacial score (nSPS) is 12.1. The Balaban J connectivity index is 1.60. The van der Waals surface area contributed by atoms with E-state index in [0.29, 0.717) is 5.89 Å². The van der Waals surface area contributed by atoms with Gasteiger partial charge in [-0.2, -0.15) is 4.98 Å². The van der Waals surface area contributed by atoms with Crippen LogP contribution in [0.5, 0.6) is 5.75 Å². The predicted octanol–water partition coefficient (Wildman–Crippen LogP) is 5.39. The van der Waals surface area contributed by atoms with E-state index in [2.05, 4.69) is 63.0 Å². The smallest absolute Gasteiger partial charge is 0.239 e. The first-order valence-corrected chi connectivity index (χ1v) is 11.7. The molecule has 0 amide bonds. The highest BCUT2D eigenvalue weighted by molar-refractivity contribution is 7.99. The number of nitrogens with zero attached hydrogens (tertiary/aromatic N) is 5. The minimum absolute atomic E-state index is 0.0310. The van der Waals surface area contributed by atoms with E-state index in [1.165, 1.54) is 5.56 Å². The van der Waals surface area contributed by atoms with Crippen LogP contribution < -0.4 is 4.74 Å². The van der Waals surface area contributed by atoms with Gasteiger partial charge in [0.05, 0.1) is 12.4 Å². The summed E-state index contributed by atoms with van der Waals surface area (Å²) in [6, 6.07) is 18.3. The fourth-order valence-corrected chi connectivity index (χ4v) is 4.29. The van der Waals surface area contributed by atoms with E-state index in [1.54, 1.807) is 18.9 Å². The maximum absolute atomic E-state index is 5.48. The number of aryl methyl sites for hydroxylation is 2. The molecule has 4 rings (SSSR count). The molecule has 8 heteroatoms. The van der Waals surface area contributed by atoms with E-state index >= 15 is 0 Å². The average Bonchev–Trinajstić information content (AvgIpc) is 3.46. The van der Waals surface area contributed by atoms with Crippen LogP contribution in [0.1, 0.15) is 42.8 Å². The molecule has 0 fully saturated rings. The van der Waals surface area contributed by atoms with Crippen molar-refractivity contribution in [1.29, 1.82) is 0 Å². The van der Waals surface area contributed by atoms with E-state index in [9.17, 15) is 0 Å². The molecule has 2 aromatic heterocycles. The summed E-state index contributed by atoms with van der Waals surface area (Å²) in [4.78, 5) is 4.53. The van der Waals surface area contributed by atoms with Crippen molar-refractivity contribution < 1.29 is 9.26 Å². The summed E-state index contributed by atoms with van der Waals surface area (Å²) in [7, 11) is 1.66. The molecule has 0 N–H and O–H groups in total. The van der Waals surface area contributed by atoms with Crippen molar-refractivity contribution in [2.45, 2.75) is 50.1 Å². The van der Waals surface area contributed by atoms with Crippen molar-refractivity contribution in [3.8, 4) is 17.1 Å². The van der Waals surface area contributed by atoms with Crippen molar-refractivity contribution in [2.75, 3.05) is 7.11 Å². The second-order valence-corrected chi connectivity index (χ2v) is 8.79. The molecule has 7 nitrogen and oxygen atoms in total. The van der Waals surface area contributed by atoms with Gasteiger partial charge in [0.1, 0.15) is 5.75 Å². The van der Waals surface area contributed by atoms with Crippen LogP contribution in [0.25, 0.3) is 11.4 Å². The molecular formula is C24H27N5O2S. The third kappa shape index (κ3) is 5.19. The second-order valence-electron chi connectivity index (χ2n) is 7.48. The van der Waals surface area contributed by atoms with Gasteiger partial charge in [0.25, 0.3) is 0 Å². The maximum atomic E-state index is 5.48. The standard InChI is InChI=1S/C24H27N5O2S/c1-4-8-21-25-23(31-28-21)17(2)32-24-27-26-22(19-11-13-20(30-3)14-12-19)29(24)16-15-18-9-6-5-7-10-18/h5-7,9-14,17H,4,8,15-16H2,1-3H3. The molecule has 0 aliphatic rings. The third-order valence-electron chi connectivity index (χ3n) is 5.12. The fraction of sp³-hybridized carbons (Fsp3) is 0.333. The first-order valence-electron chi connectivity index (χ1n) is 10.8. The molecule has 1 atom stereocenters. The molecular weight excluding hydrogens is 422 g/mol. The van der Waals surface area contributed by atoms with Crippen LogP contribution in [0.4, 0.5) is 0 Å². The molecule has 0 saturated heterocycles. The van der Waals surface area contributed by atoms with Crippen molar-refractivity contribution >= 4 is 11.8 Å². The van der Waals surface area contributed by atoms with E-state index in [4.69, 9.17) is 9.26 Å². The SMILES string of the molecule is CCCc1noc(C(C)Sc2nnc(-c3ccc(OC)cc3)n2CCc2ccccc2)n1. The Kier molecular flexibility index (Phi) is 7.21. The van der Waals surface area contributed by atoms with E-state index in [1.807, 2.05) is 30.3 Å². The minimum Gasteiger partial charge on any atom is -0.497 e. The summed E-state index contributed by atoms with van der Waals surface area (Å²) < 4.78 is 12.9. The lowest BCUT2D eigenvalue weighted by atomic mass is 10.1. The number of benzene rings is 2. The topological polar surface area (TPSA) is 78.9 Å². The molecule has 0 bridgehead atoms. The van der Waals surface area contributed by atoms with Crippen LogP contribution >= 0.6 is 11.8 Å². The summed E-state index contributed by atoms with van der Waals surface area (Å²) in [5.74, 6) is 3.00.